The molecule has 5 N–H and O–H groups in total. The fourth-order valence-electron chi connectivity index (χ4n) is 1.78. The molecule has 23 heavy (non-hydrogen) atoms. The Morgan fingerprint density at radius 1 is 1.04 bits per heavy atom. The van der Waals surface area contributed by atoms with E-state index in [0.717, 1.165) is 4.90 Å². The van der Waals surface area contributed by atoms with Crippen molar-refractivity contribution in [2.75, 3.05) is 16.8 Å². The monoisotopic (exact) mass is 351 g/mol. The van der Waals surface area contributed by atoms with Crippen molar-refractivity contribution in [1.29, 1.82) is 0 Å². The molecule has 0 radical (unpaired) electrons. The molecule has 0 atom stereocenters. The summed E-state index contributed by atoms with van der Waals surface area (Å²) in [5.41, 5.74) is 6.84. The van der Waals surface area contributed by atoms with E-state index in [1.54, 1.807) is 11.8 Å². The highest BCUT2D eigenvalue weighted by Crippen LogP contribution is 2.20. The smallest absolute Gasteiger partial charge is 0.238 e. The van der Waals surface area contributed by atoms with Crippen molar-refractivity contribution in [2.45, 2.75) is 16.2 Å². The second-order valence-corrected chi connectivity index (χ2v) is 7.51. The molecule has 0 fully saturated rings. The van der Waals surface area contributed by atoms with Crippen LogP contribution in [0.1, 0.15) is 6.42 Å². The SMILES string of the molecule is Nc1ccc(SCCC(=O)Nc2ccc(S(N)(=O)=O)cc2)cc1. The number of hydrogen-bond donors (Lipinski definition) is 3. The largest absolute Gasteiger partial charge is 0.399 e. The van der Waals surface area contributed by atoms with Gasteiger partial charge in [0.1, 0.15) is 0 Å². The first kappa shape index (κ1) is 17.3. The van der Waals surface area contributed by atoms with Crippen LogP contribution < -0.4 is 16.2 Å². The van der Waals surface area contributed by atoms with E-state index >= 15 is 0 Å². The molecular formula is C15H17N3O3S2. The van der Waals surface area contributed by atoms with Crippen molar-refractivity contribution in [3.05, 3.63) is 48.5 Å². The number of nitrogens with two attached hydrogens (primary N) is 2. The van der Waals surface area contributed by atoms with Crippen molar-refractivity contribution in [3.63, 3.8) is 0 Å². The zero-order valence-corrected chi connectivity index (χ0v) is 13.9. The summed E-state index contributed by atoms with van der Waals surface area (Å²) in [5.74, 6) is 0.488. The molecule has 0 aliphatic rings. The maximum absolute atomic E-state index is 11.9. The van der Waals surface area contributed by atoms with E-state index in [4.69, 9.17) is 10.9 Å². The van der Waals surface area contributed by atoms with Crippen molar-refractivity contribution >= 4 is 39.1 Å². The number of hydrogen-bond acceptors (Lipinski definition) is 5. The van der Waals surface area contributed by atoms with E-state index in [9.17, 15) is 13.2 Å². The first-order valence-corrected chi connectivity index (χ1v) is 9.29. The van der Waals surface area contributed by atoms with Crippen LogP contribution in [0.15, 0.2) is 58.3 Å². The average molecular weight is 351 g/mol. The Bertz CT molecular complexity index is 773. The third-order valence-electron chi connectivity index (χ3n) is 2.94. The zero-order valence-electron chi connectivity index (χ0n) is 12.2. The van der Waals surface area contributed by atoms with E-state index < -0.39 is 10.0 Å². The molecular weight excluding hydrogens is 334 g/mol. The number of primary sulfonamides is 1. The average Bonchev–Trinajstić information content (AvgIpc) is 2.49. The summed E-state index contributed by atoms with van der Waals surface area (Å²) in [6.45, 7) is 0. The standard InChI is InChI=1S/C15H17N3O3S2/c16-11-1-5-13(6-2-11)22-10-9-15(19)18-12-3-7-14(8-4-12)23(17,20)21/h1-8H,9-10,16H2,(H,18,19)(H2,17,20,21). The molecule has 0 aromatic heterocycles. The van der Waals surface area contributed by atoms with Crippen LogP contribution in [0, 0.1) is 0 Å². The summed E-state index contributed by atoms with van der Waals surface area (Å²) in [4.78, 5) is 12.9. The summed E-state index contributed by atoms with van der Waals surface area (Å²) in [5, 5.41) is 7.72. The molecule has 0 saturated heterocycles. The maximum Gasteiger partial charge on any atom is 0.238 e. The summed E-state index contributed by atoms with van der Waals surface area (Å²) in [6, 6.07) is 13.2. The molecule has 0 bridgehead atoms. The quantitative estimate of drug-likeness (QED) is 0.544. The van der Waals surface area contributed by atoms with Gasteiger partial charge in [-0.3, -0.25) is 4.79 Å². The lowest BCUT2D eigenvalue weighted by Crippen LogP contribution is -2.14. The number of nitrogens with one attached hydrogen (secondary N) is 1. The van der Waals surface area contributed by atoms with Crippen molar-refractivity contribution in [1.82, 2.24) is 0 Å². The second-order valence-electron chi connectivity index (χ2n) is 4.79. The Labute approximate surface area is 139 Å². The molecule has 0 spiro atoms. The van der Waals surface area contributed by atoms with Gasteiger partial charge in [0, 0.05) is 28.4 Å². The highest BCUT2D eigenvalue weighted by Gasteiger charge is 2.08. The Hall–Kier alpha value is -2.03. The van der Waals surface area contributed by atoms with Gasteiger partial charge >= 0.3 is 0 Å². The Morgan fingerprint density at radius 3 is 2.22 bits per heavy atom. The molecule has 0 aliphatic carbocycles. The highest BCUT2D eigenvalue weighted by molar-refractivity contribution is 7.99. The number of carbonyl (C=O) groups is 1. The summed E-state index contributed by atoms with van der Waals surface area (Å²) in [6.07, 6.45) is 0.339. The molecule has 0 unspecified atom stereocenters. The molecule has 2 rings (SSSR count). The van der Waals surface area contributed by atoms with Crippen molar-refractivity contribution in [2.24, 2.45) is 5.14 Å². The van der Waals surface area contributed by atoms with Crippen LogP contribution in [-0.4, -0.2) is 20.1 Å². The van der Waals surface area contributed by atoms with E-state index in [1.165, 1.54) is 24.3 Å². The molecule has 0 aliphatic heterocycles. The zero-order chi connectivity index (χ0) is 16.9. The number of nitrogen functional groups attached to an aromatic ring is 1. The molecule has 2 aromatic carbocycles. The molecule has 1 amide bonds. The summed E-state index contributed by atoms with van der Waals surface area (Å²) < 4.78 is 22.3. The van der Waals surface area contributed by atoms with Gasteiger partial charge < -0.3 is 11.1 Å². The van der Waals surface area contributed by atoms with Gasteiger partial charge in [-0.05, 0) is 48.5 Å². The molecule has 122 valence electrons. The fourth-order valence-corrected chi connectivity index (χ4v) is 3.14. The van der Waals surface area contributed by atoms with Crippen LogP contribution in [0.4, 0.5) is 11.4 Å². The summed E-state index contributed by atoms with van der Waals surface area (Å²) in [7, 11) is -3.72. The normalized spacial score (nSPS) is 11.2. The van der Waals surface area contributed by atoms with E-state index in [1.807, 2.05) is 24.3 Å². The number of amides is 1. The van der Waals surface area contributed by atoms with Crippen LogP contribution in [0.25, 0.3) is 0 Å². The molecule has 0 saturated carbocycles. The lowest BCUT2D eigenvalue weighted by molar-refractivity contribution is -0.115. The van der Waals surface area contributed by atoms with Gasteiger partial charge in [-0.1, -0.05) is 0 Å². The second kappa shape index (κ2) is 7.49. The van der Waals surface area contributed by atoms with E-state index in [2.05, 4.69) is 5.32 Å². The number of rotatable bonds is 6. The van der Waals surface area contributed by atoms with Crippen LogP contribution in [0.3, 0.4) is 0 Å². The minimum absolute atomic E-state index is 0.00871. The number of anilines is 2. The first-order valence-electron chi connectivity index (χ1n) is 6.76. The fraction of sp³-hybridized carbons (Fsp3) is 0.133. The lowest BCUT2D eigenvalue weighted by atomic mass is 10.3. The Morgan fingerprint density at radius 2 is 1.65 bits per heavy atom. The van der Waals surface area contributed by atoms with Gasteiger partial charge in [0.25, 0.3) is 0 Å². The van der Waals surface area contributed by atoms with Crippen LogP contribution in [0.5, 0.6) is 0 Å². The lowest BCUT2D eigenvalue weighted by Gasteiger charge is -2.06. The van der Waals surface area contributed by atoms with E-state index in [0.29, 0.717) is 23.5 Å². The number of thioether (sulfide) groups is 1. The van der Waals surface area contributed by atoms with Gasteiger partial charge in [-0.2, -0.15) is 0 Å². The molecule has 2 aromatic rings. The maximum atomic E-state index is 11.9. The van der Waals surface area contributed by atoms with Gasteiger partial charge in [-0.25, -0.2) is 13.6 Å². The highest BCUT2D eigenvalue weighted by atomic mass is 32.2. The number of carbonyl (C=O) groups excluding carboxylic acids is 1. The number of sulfonamides is 1. The van der Waals surface area contributed by atoms with Crippen LogP contribution >= 0.6 is 11.8 Å². The molecule has 6 nitrogen and oxygen atoms in total. The van der Waals surface area contributed by atoms with Gasteiger partial charge in [0.2, 0.25) is 15.9 Å². The van der Waals surface area contributed by atoms with Gasteiger partial charge in [0.15, 0.2) is 0 Å². The van der Waals surface area contributed by atoms with Crippen molar-refractivity contribution in [3.8, 4) is 0 Å². The number of benzene rings is 2. The van der Waals surface area contributed by atoms with Crippen LogP contribution in [-0.2, 0) is 14.8 Å². The van der Waals surface area contributed by atoms with Crippen molar-refractivity contribution < 1.29 is 13.2 Å². The summed E-state index contributed by atoms with van der Waals surface area (Å²) >= 11 is 1.56. The third-order valence-corrected chi connectivity index (χ3v) is 4.89. The predicted molar refractivity (Wildman–Crippen MR) is 92.6 cm³/mol. The Kier molecular flexibility index (Phi) is 5.64. The third kappa shape index (κ3) is 5.59. The minimum Gasteiger partial charge on any atom is -0.399 e. The minimum atomic E-state index is -3.72. The van der Waals surface area contributed by atoms with Crippen LogP contribution in [0.2, 0.25) is 0 Å². The van der Waals surface area contributed by atoms with Gasteiger partial charge in [0.05, 0.1) is 4.90 Å². The first-order chi connectivity index (χ1) is 10.8. The molecule has 8 heteroatoms. The topological polar surface area (TPSA) is 115 Å². The van der Waals surface area contributed by atoms with Gasteiger partial charge in [-0.15, -0.1) is 11.8 Å². The van der Waals surface area contributed by atoms with E-state index in [-0.39, 0.29) is 10.8 Å². The molecule has 0 heterocycles. The predicted octanol–water partition coefficient (Wildman–Crippen LogP) is 2.04. The Balaban J connectivity index is 1.81.